The van der Waals surface area contributed by atoms with E-state index >= 15 is 0 Å². The molecule has 1 N–H and O–H groups in total. The van der Waals surface area contributed by atoms with Gasteiger partial charge in [-0.05, 0) is 45.4 Å². The van der Waals surface area contributed by atoms with Crippen LogP contribution < -0.4 is 0 Å². The van der Waals surface area contributed by atoms with Gasteiger partial charge in [-0.15, -0.1) is 0 Å². The van der Waals surface area contributed by atoms with Gasteiger partial charge in [0.15, 0.2) is 0 Å². The van der Waals surface area contributed by atoms with Crippen molar-refractivity contribution in [3.8, 4) is 0 Å². The van der Waals surface area contributed by atoms with E-state index in [-0.39, 0.29) is 17.4 Å². The van der Waals surface area contributed by atoms with Gasteiger partial charge >= 0.3 is 0 Å². The van der Waals surface area contributed by atoms with Crippen LogP contribution in [0.1, 0.15) is 35.3 Å². The number of rotatable bonds is 1. The lowest BCUT2D eigenvalue weighted by Gasteiger charge is -2.50. The Morgan fingerprint density at radius 1 is 1.33 bits per heavy atom. The molecule has 1 spiro atoms. The lowest BCUT2D eigenvalue weighted by atomic mass is 9.71. The number of fused-ring (bicyclic) bond motifs is 1. The molecule has 0 aliphatic carbocycles. The summed E-state index contributed by atoms with van der Waals surface area (Å²) in [5, 5.41) is 12.1. The summed E-state index contributed by atoms with van der Waals surface area (Å²) in [5.41, 5.74) is 1.88. The molecule has 144 valence electrons. The number of amides is 1. The normalized spacial score (nSPS) is 26.7. The predicted molar refractivity (Wildman–Crippen MR) is 107 cm³/mol. The maximum Gasteiger partial charge on any atom is 0.254 e. The molecule has 0 saturated carbocycles. The number of hydrogen-bond acceptors (Lipinski definition) is 4. The Labute approximate surface area is 164 Å². The third-order valence-electron chi connectivity index (χ3n) is 6.12. The van der Waals surface area contributed by atoms with E-state index < -0.39 is 0 Å². The van der Waals surface area contributed by atoms with Crippen molar-refractivity contribution in [2.45, 2.75) is 32.3 Å². The smallest absolute Gasteiger partial charge is 0.254 e. The molecule has 2 fully saturated rings. The van der Waals surface area contributed by atoms with Gasteiger partial charge < -0.3 is 14.9 Å². The van der Waals surface area contributed by atoms with Crippen LogP contribution in [0.5, 0.6) is 0 Å². The number of aliphatic hydroxyl groups excluding tert-OH is 1. The van der Waals surface area contributed by atoms with Gasteiger partial charge in [0, 0.05) is 42.7 Å². The van der Waals surface area contributed by atoms with Crippen LogP contribution >= 0.6 is 11.6 Å². The number of aromatic nitrogens is 1. The average molecular weight is 388 g/mol. The molecular formula is C21H26ClN3O2. The van der Waals surface area contributed by atoms with E-state index in [1.165, 1.54) is 0 Å². The van der Waals surface area contributed by atoms with E-state index in [2.05, 4.69) is 16.9 Å². The Morgan fingerprint density at radius 2 is 2.15 bits per heavy atom. The van der Waals surface area contributed by atoms with E-state index in [4.69, 9.17) is 11.6 Å². The van der Waals surface area contributed by atoms with Gasteiger partial charge in [-0.25, -0.2) is 0 Å². The number of aryl methyl sites for hydroxylation is 1. The number of piperidine rings is 2. The number of carbonyl (C=O) groups excluding carboxylic acids is 1. The number of pyridine rings is 1. The number of nitrogens with zero attached hydrogens (tertiary/aromatic N) is 3. The van der Waals surface area contributed by atoms with Crippen LogP contribution in [-0.4, -0.2) is 65.1 Å². The molecule has 0 radical (unpaired) electrons. The Bertz CT molecular complexity index is 887. The fraction of sp³-hybridized carbons (Fsp3) is 0.524. The molecule has 1 amide bonds. The maximum atomic E-state index is 13.5. The quantitative estimate of drug-likeness (QED) is 0.816. The van der Waals surface area contributed by atoms with Crippen LogP contribution in [0.4, 0.5) is 0 Å². The zero-order chi connectivity index (χ0) is 19.2. The zero-order valence-corrected chi connectivity index (χ0v) is 16.7. The molecule has 2 aliphatic rings. The van der Waals surface area contributed by atoms with E-state index in [0.717, 1.165) is 50.0 Å². The van der Waals surface area contributed by atoms with Gasteiger partial charge in [-0.3, -0.25) is 9.78 Å². The molecular weight excluding hydrogens is 362 g/mol. The van der Waals surface area contributed by atoms with Crippen molar-refractivity contribution in [2.24, 2.45) is 5.41 Å². The molecule has 3 heterocycles. The number of carbonyl (C=O) groups is 1. The van der Waals surface area contributed by atoms with Crippen LogP contribution in [0.2, 0.25) is 5.02 Å². The first kappa shape index (κ1) is 18.7. The summed E-state index contributed by atoms with van der Waals surface area (Å²) in [6, 6.07) is 7.42. The predicted octanol–water partition coefficient (Wildman–Crippen LogP) is 3.12. The van der Waals surface area contributed by atoms with Crippen molar-refractivity contribution in [2.75, 3.05) is 33.2 Å². The van der Waals surface area contributed by atoms with Crippen molar-refractivity contribution < 1.29 is 9.90 Å². The number of para-hydroxylation sites is 1. The van der Waals surface area contributed by atoms with Crippen molar-refractivity contribution in [3.63, 3.8) is 0 Å². The van der Waals surface area contributed by atoms with Crippen LogP contribution in [0.25, 0.3) is 10.9 Å². The van der Waals surface area contributed by atoms with E-state index in [0.29, 0.717) is 22.6 Å². The van der Waals surface area contributed by atoms with Gasteiger partial charge in [-0.1, -0.05) is 23.7 Å². The summed E-state index contributed by atoms with van der Waals surface area (Å²) in [4.78, 5) is 22.2. The fourth-order valence-corrected chi connectivity index (χ4v) is 5.01. The second kappa shape index (κ2) is 7.04. The summed E-state index contributed by atoms with van der Waals surface area (Å²) in [6.45, 7) is 4.95. The zero-order valence-electron chi connectivity index (χ0n) is 15.9. The summed E-state index contributed by atoms with van der Waals surface area (Å²) < 4.78 is 0. The Balaban J connectivity index is 1.69. The van der Waals surface area contributed by atoms with Crippen molar-refractivity contribution in [3.05, 3.63) is 40.5 Å². The fourth-order valence-electron chi connectivity index (χ4n) is 4.79. The van der Waals surface area contributed by atoms with Gasteiger partial charge in [0.05, 0.1) is 22.2 Å². The molecule has 6 heteroatoms. The Hall–Kier alpha value is -1.69. The van der Waals surface area contributed by atoms with Crippen LogP contribution in [-0.2, 0) is 0 Å². The Morgan fingerprint density at radius 3 is 2.96 bits per heavy atom. The molecule has 0 unspecified atom stereocenters. The van der Waals surface area contributed by atoms with E-state index in [1.54, 1.807) is 6.07 Å². The summed E-state index contributed by atoms with van der Waals surface area (Å²) in [5.74, 6) is 0.00673. The second-order valence-corrected chi connectivity index (χ2v) is 8.59. The highest BCUT2D eigenvalue weighted by molar-refractivity contribution is 6.35. The molecule has 27 heavy (non-hydrogen) atoms. The average Bonchev–Trinajstić information content (AvgIpc) is 2.65. The second-order valence-electron chi connectivity index (χ2n) is 8.18. The van der Waals surface area contributed by atoms with Crippen LogP contribution in [0.15, 0.2) is 24.3 Å². The molecule has 2 atom stereocenters. The van der Waals surface area contributed by atoms with Gasteiger partial charge in [0.2, 0.25) is 0 Å². The summed E-state index contributed by atoms with van der Waals surface area (Å²) in [6.07, 6.45) is 2.30. The SMILES string of the molecule is Cc1cc(C(=O)N2CCC[C@]3(CN(C)CC[C@@H]3O)C2)c2cccc(Cl)c2n1. The van der Waals surface area contributed by atoms with Gasteiger partial charge in [0.1, 0.15) is 0 Å². The largest absolute Gasteiger partial charge is 0.392 e. The molecule has 0 bridgehead atoms. The standard InChI is InChI=1S/C21H26ClN3O2/c1-14-11-16(15-5-3-6-17(22)19(15)23-14)20(27)25-9-4-8-21(13-25)12-24(2)10-7-18(21)26/h3,5-6,11,18,26H,4,7-10,12-13H2,1-2H3/t18-,21-/m0/s1. The third-order valence-corrected chi connectivity index (χ3v) is 6.43. The molecule has 2 saturated heterocycles. The van der Waals surface area contributed by atoms with Crippen molar-refractivity contribution in [1.29, 1.82) is 0 Å². The number of benzene rings is 1. The highest BCUT2D eigenvalue weighted by atomic mass is 35.5. The number of halogens is 1. The minimum Gasteiger partial charge on any atom is -0.392 e. The first-order valence-corrected chi connectivity index (χ1v) is 9.99. The maximum absolute atomic E-state index is 13.5. The number of hydrogen-bond donors (Lipinski definition) is 1. The minimum absolute atomic E-state index is 0.00673. The lowest BCUT2D eigenvalue weighted by Crippen LogP contribution is -2.59. The lowest BCUT2D eigenvalue weighted by molar-refractivity contribution is -0.0730. The van der Waals surface area contributed by atoms with Crippen molar-refractivity contribution in [1.82, 2.24) is 14.8 Å². The molecule has 4 rings (SSSR count). The first-order chi connectivity index (χ1) is 12.9. The molecule has 2 aliphatic heterocycles. The highest BCUT2D eigenvalue weighted by Crippen LogP contribution is 2.39. The minimum atomic E-state index is -0.352. The summed E-state index contributed by atoms with van der Waals surface area (Å²) in [7, 11) is 2.09. The molecule has 1 aromatic carbocycles. The van der Waals surface area contributed by atoms with Gasteiger partial charge in [0.25, 0.3) is 5.91 Å². The summed E-state index contributed by atoms with van der Waals surface area (Å²) >= 11 is 6.32. The number of likely N-dealkylation sites (tertiary alicyclic amines) is 2. The van der Waals surface area contributed by atoms with Crippen LogP contribution in [0, 0.1) is 12.3 Å². The van der Waals surface area contributed by atoms with Gasteiger partial charge in [-0.2, -0.15) is 0 Å². The Kier molecular flexibility index (Phi) is 4.87. The van der Waals surface area contributed by atoms with Crippen LogP contribution in [0.3, 0.4) is 0 Å². The van der Waals surface area contributed by atoms with E-state index in [1.807, 2.05) is 30.0 Å². The number of aliphatic hydroxyl groups is 1. The molecule has 5 nitrogen and oxygen atoms in total. The third kappa shape index (κ3) is 3.33. The highest BCUT2D eigenvalue weighted by Gasteiger charge is 2.45. The van der Waals surface area contributed by atoms with E-state index in [9.17, 15) is 9.90 Å². The molecule has 2 aromatic rings. The monoisotopic (exact) mass is 387 g/mol. The topological polar surface area (TPSA) is 56.7 Å². The van der Waals surface area contributed by atoms with Crippen molar-refractivity contribution >= 4 is 28.4 Å². The first-order valence-electron chi connectivity index (χ1n) is 9.61. The molecule has 1 aromatic heterocycles.